The van der Waals surface area contributed by atoms with Gasteiger partial charge in [-0.3, -0.25) is 6.08 Å². The van der Waals surface area contributed by atoms with E-state index in [-0.39, 0.29) is 14.9 Å². The number of ether oxygens (including phenoxy) is 1. The van der Waals surface area contributed by atoms with Crippen LogP contribution in [0.15, 0.2) is 115 Å². The second-order valence-electron chi connectivity index (χ2n) is 6.89. The molecule has 0 saturated heterocycles. The van der Waals surface area contributed by atoms with E-state index in [9.17, 15) is 0 Å². The molecule has 184 valence electrons. The van der Waals surface area contributed by atoms with E-state index in [2.05, 4.69) is 61.5 Å². The number of methoxy groups -OCH3 is 1. The third-order valence-corrected chi connectivity index (χ3v) is 4.71. The molecule has 0 saturated carbocycles. The molecule has 2 radical (unpaired) electrons. The summed E-state index contributed by atoms with van der Waals surface area (Å²) in [5.41, 5.74) is 5.13. The Kier molecular flexibility index (Phi) is 19.9. The van der Waals surface area contributed by atoms with Crippen molar-refractivity contribution in [2.75, 3.05) is 7.11 Å². The van der Waals surface area contributed by atoms with E-state index in [1.807, 2.05) is 84.9 Å². The standard InChI is InChI=1S/C14H11O.2C6H5.C5H5.2CH3.Si.Zr/c1-15-13-8-4-6-11-9-10-5-2-3-7-12(10)14(11)13;2*1-2-4-6-5-3-1;1-2-4-5-3-1;;;;/h2-5,7-8H,9H2,1H3;2*1-5H;1-3H,4H2;2*1H3;;/q6*-1;;. The van der Waals surface area contributed by atoms with Crippen molar-refractivity contribution in [2.24, 2.45) is 0 Å². The Morgan fingerprint density at radius 2 is 1.39 bits per heavy atom. The Morgan fingerprint density at radius 3 is 1.81 bits per heavy atom. The third-order valence-electron chi connectivity index (χ3n) is 4.71. The Labute approximate surface area is 236 Å². The molecule has 0 bridgehead atoms. The molecule has 0 atom stereocenters. The van der Waals surface area contributed by atoms with Gasteiger partial charge in [0.05, 0.1) is 7.11 Å². The first-order valence-corrected chi connectivity index (χ1v) is 15.0. The SMILES string of the molecule is COc1cc[c-]c2c1-c1ccccc1C2.[C-]1=CC=CC1.[CH3-].[CH3-].[Si]=[Zr].[c-]1ccccc1.[c-]1ccccc1. The Morgan fingerprint density at radius 1 is 0.778 bits per heavy atom. The summed E-state index contributed by atoms with van der Waals surface area (Å²) in [5.74, 6) is 0.952. The molecule has 3 heteroatoms. The minimum Gasteiger partial charge on any atom is -0.184 e. The molecular formula is C33H32OSiZr-6. The zero-order chi connectivity index (χ0) is 24.3. The van der Waals surface area contributed by atoms with Gasteiger partial charge in [0.2, 0.25) is 0 Å². The normalized spacial score (nSPS) is 10.2. The van der Waals surface area contributed by atoms with Gasteiger partial charge in [0.1, 0.15) is 0 Å². The number of hydrogen-bond acceptors (Lipinski definition) is 1. The van der Waals surface area contributed by atoms with E-state index in [0.717, 1.165) is 18.6 Å². The summed E-state index contributed by atoms with van der Waals surface area (Å²) in [4.78, 5) is 0. The Hall–Kier alpha value is -2.74. The molecular weight excluding hydrogens is 532 g/mol. The van der Waals surface area contributed by atoms with Crippen LogP contribution < -0.4 is 4.74 Å². The fourth-order valence-corrected chi connectivity index (χ4v) is 3.26. The molecule has 0 heterocycles. The molecule has 1 nitrogen and oxygen atoms in total. The average molecular weight is 564 g/mol. The first kappa shape index (κ1) is 33.3. The molecule has 4 aromatic carbocycles. The summed E-state index contributed by atoms with van der Waals surface area (Å²) < 4.78 is 5.39. The van der Waals surface area contributed by atoms with Crippen LogP contribution in [-0.4, -0.2) is 14.0 Å². The van der Waals surface area contributed by atoms with Crippen LogP contribution >= 0.6 is 0 Å². The predicted molar refractivity (Wildman–Crippen MR) is 151 cm³/mol. The van der Waals surface area contributed by atoms with E-state index >= 15 is 0 Å². The second-order valence-corrected chi connectivity index (χ2v) is 6.89. The van der Waals surface area contributed by atoms with Crippen LogP contribution in [-0.2, 0) is 29.8 Å². The molecule has 0 N–H and O–H groups in total. The van der Waals surface area contributed by atoms with Gasteiger partial charge in [-0.15, -0.1) is 18.1 Å². The minimum atomic E-state index is 0. The summed E-state index contributed by atoms with van der Waals surface area (Å²) in [5, 5.41) is 0. The minimum absolute atomic E-state index is 0. The van der Waals surface area contributed by atoms with Gasteiger partial charge in [-0.25, -0.2) is 12.2 Å². The maximum absolute atomic E-state index is 5.39. The van der Waals surface area contributed by atoms with Gasteiger partial charge in [0.25, 0.3) is 0 Å². The number of hydrogen-bond donors (Lipinski definition) is 0. The van der Waals surface area contributed by atoms with Crippen molar-refractivity contribution in [3.8, 4) is 16.9 Å². The van der Waals surface area contributed by atoms with Crippen LogP contribution in [0, 0.1) is 39.1 Å². The molecule has 2 aliphatic carbocycles. The van der Waals surface area contributed by atoms with Gasteiger partial charge < -0.3 is 19.6 Å². The number of fused-ring (bicyclic) bond motifs is 3. The summed E-state index contributed by atoms with van der Waals surface area (Å²) in [6, 6.07) is 40.7. The van der Waals surface area contributed by atoms with E-state index in [1.165, 1.54) is 45.6 Å². The van der Waals surface area contributed by atoms with Gasteiger partial charge in [0, 0.05) is 5.75 Å². The number of allylic oxidation sites excluding steroid dienone is 4. The van der Waals surface area contributed by atoms with E-state index in [0.29, 0.717) is 0 Å². The fraction of sp³-hybridized carbons (Fsp3) is 0.0909. The maximum atomic E-state index is 5.39. The largest absolute Gasteiger partial charge is 0.184 e. The maximum Gasteiger partial charge on any atom is -0.171 e. The molecule has 2 aliphatic rings. The second kappa shape index (κ2) is 21.5. The first-order chi connectivity index (χ1) is 16.9. The van der Waals surface area contributed by atoms with E-state index in [4.69, 9.17) is 4.74 Å². The molecule has 0 fully saturated rings. The van der Waals surface area contributed by atoms with E-state index in [1.54, 1.807) is 7.11 Å². The van der Waals surface area contributed by atoms with Gasteiger partial charge in [0.15, 0.2) is 0 Å². The zero-order valence-corrected chi connectivity index (χ0v) is 24.8. The van der Waals surface area contributed by atoms with Gasteiger partial charge in [-0.05, 0) is 12.0 Å². The van der Waals surface area contributed by atoms with Crippen LogP contribution in [0.5, 0.6) is 5.75 Å². The zero-order valence-electron chi connectivity index (χ0n) is 21.3. The Balaban J connectivity index is 0.000000490. The predicted octanol–water partition coefficient (Wildman–Crippen LogP) is 7.86. The molecule has 4 aromatic rings. The summed E-state index contributed by atoms with van der Waals surface area (Å²) in [7, 11) is 1.72. The van der Waals surface area contributed by atoms with Gasteiger partial charge >= 0.3 is 30.2 Å². The molecule has 0 spiro atoms. The quantitative estimate of drug-likeness (QED) is 0.149. The third kappa shape index (κ3) is 11.8. The molecule has 0 unspecified atom stereocenters. The van der Waals surface area contributed by atoms with Crippen LogP contribution in [0.4, 0.5) is 0 Å². The van der Waals surface area contributed by atoms with Gasteiger partial charge in [-0.2, -0.15) is 91.0 Å². The van der Waals surface area contributed by atoms with Crippen molar-refractivity contribution in [3.05, 3.63) is 166 Å². The van der Waals surface area contributed by atoms with Crippen molar-refractivity contribution in [1.29, 1.82) is 0 Å². The first-order valence-electron chi connectivity index (χ1n) is 10.8. The van der Waals surface area contributed by atoms with E-state index < -0.39 is 0 Å². The smallest absolute Gasteiger partial charge is 0.171 e. The number of benzene rings is 4. The Bertz CT molecular complexity index is 1030. The van der Waals surface area contributed by atoms with Crippen molar-refractivity contribution in [3.63, 3.8) is 0 Å². The molecule has 0 aromatic heterocycles. The van der Waals surface area contributed by atoms with Crippen LogP contribution in [0.25, 0.3) is 11.1 Å². The fourth-order valence-electron chi connectivity index (χ4n) is 3.26. The number of rotatable bonds is 1. The van der Waals surface area contributed by atoms with Crippen LogP contribution in [0.3, 0.4) is 0 Å². The molecule has 36 heavy (non-hydrogen) atoms. The van der Waals surface area contributed by atoms with Crippen molar-refractivity contribution < 1.29 is 28.1 Å². The van der Waals surface area contributed by atoms with Gasteiger partial charge in [-0.1, -0.05) is 35.4 Å². The average Bonchev–Trinajstić information content (AvgIpc) is 3.64. The molecule has 6 rings (SSSR count). The van der Waals surface area contributed by atoms with Crippen LogP contribution in [0.2, 0.25) is 0 Å². The molecule has 0 aliphatic heterocycles. The monoisotopic (exact) mass is 562 g/mol. The van der Waals surface area contributed by atoms with Crippen molar-refractivity contribution >= 4 is 6.88 Å². The van der Waals surface area contributed by atoms with Crippen LogP contribution in [0.1, 0.15) is 17.5 Å². The summed E-state index contributed by atoms with van der Waals surface area (Å²) >= 11 is 1.36. The van der Waals surface area contributed by atoms with Crippen molar-refractivity contribution in [1.82, 2.24) is 0 Å². The molecule has 0 amide bonds. The van der Waals surface area contributed by atoms with Crippen molar-refractivity contribution in [2.45, 2.75) is 12.8 Å². The summed E-state index contributed by atoms with van der Waals surface area (Å²) in [6.07, 6.45) is 11.0. The summed E-state index contributed by atoms with van der Waals surface area (Å²) in [6.45, 7) is 3.06. The topological polar surface area (TPSA) is 9.23 Å².